The first-order valence-electron chi connectivity index (χ1n) is 10.4. The Balaban J connectivity index is 2.07. The second-order valence-electron chi connectivity index (χ2n) is 9.24. The number of sulfonamides is 1. The van der Waals surface area contributed by atoms with E-state index < -0.39 is 41.9 Å². The van der Waals surface area contributed by atoms with Crippen molar-refractivity contribution in [2.45, 2.75) is 79.9 Å². The summed E-state index contributed by atoms with van der Waals surface area (Å²) in [6, 6.07) is 8.45. The first kappa shape index (κ1) is 22.7. The van der Waals surface area contributed by atoms with Crippen molar-refractivity contribution in [1.29, 1.82) is 0 Å². The number of fused-ring (bicyclic) bond motifs is 1. The van der Waals surface area contributed by atoms with Gasteiger partial charge in [0, 0.05) is 11.9 Å². The summed E-state index contributed by atoms with van der Waals surface area (Å²) in [6.45, 7) is 4.94. The third-order valence-corrected chi connectivity index (χ3v) is 11.6. The maximum atomic E-state index is 14.1. The molecular weight excluding hydrogens is 408 g/mol. The number of hydrogen-bond donors (Lipinski definition) is 2. The molecule has 0 unspecified atom stereocenters. The van der Waals surface area contributed by atoms with Crippen LogP contribution in [0.1, 0.15) is 52.9 Å². The van der Waals surface area contributed by atoms with Crippen LogP contribution < -0.4 is 4.72 Å². The molecule has 6 atom stereocenters. The Morgan fingerprint density at radius 1 is 1.00 bits per heavy atom. The fraction of sp³-hybridized carbons (Fsp3) is 0.714. The van der Waals surface area contributed by atoms with Gasteiger partial charge in [0.25, 0.3) is 0 Å². The first-order valence-corrected chi connectivity index (χ1v) is 13.5. The molecule has 1 aromatic carbocycles. The fourth-order valence-corrected chi connectivity index (χ4v) is 8.57. The largest absolute Gasteiger partial charge is 0.390 e. The molecule has 2 N–H and O–H groups in total. The molecule has 0 heterocycles. The van der Waals surface area contributed by atoms with Crippen molar-refractivity contribution >= 4 is 19.8 Å². The molecule has 0 saturated heterocycles. The molecule has 2 aliphatic carbocycles. The van der Waals surface area contributed by atoms with Crippen LogP contribution in [0.2, 0.25) is 0 Å². The maximum Gasteiger partial charge on any atom is 0.216 e. The monoisotopic (exact) mass is 442 g/mol. The summed E-state index contributed by atoms with van der Waals surface area (Å²) in [5, 5.41) is 10.8. The first-order chi connectivity index (χ1) is 13.5. The molecule has 2 saturated carbocycles. The predicted octanol–water partition coefficient (Wildman–Crippen LogP) is 3.17. The highest BCUT2D eigenvalue weighted by atomic mass is 32.2. The van der Waals surface area contributed by atoms with Gasteiger partial charge >= 0.3 is 0 Å². The lowest BCUT2D eigenvalue weighted by atomic mass is 9.89. The molecule has 2 fully saturated rings. The van der Waals surface area contributed by atoms with Crippen molar-refractivity contribution in [2.75, 3.05) is 7.05 Å². The summed E-state index contributed by atoms with van der Waals surface area (Å²) < 4.78 is 46.1. The maximum absolute atomic E-state index is 14.1. The SMILES string of the molecule is CN=[S@@](=O)(c1ccccc1)[C@H]1[C@@H](O)[C@@H](NS(=O)(=O)C(C)(C)C)[C@@H]2CCCCC[C@@H]21. The molecular formula is C21H34N2O4S2. The summed E-state index contributed by atoms with van der Waals surface area (Å²) in [5.41, 5.74) is 0. The molecule has 8 heteroatoms. The lowest BCUT2D eigenvalue weighted by Gasteiger charge is -2.29. The number of hydrogen-bond acceptors (Lipinski definition) is 5. The lowest BCUT2D eigenvalue weighted by Crippen LogP contribution is -2.51. The number of aliphatic hydroxyl groups excluding tert-OH is 1. The Morgan fingerprint density at radius 2 is 1.59 bits per heavy atom. The summed E-state index contributed by atoms with van der Waals surface area (Å²) in [6.07, 6.45) is 3.67. The van der Waals surface area contributed by atoms with E-state index in [-0.39, 0.29) is 11.8 Å². The van der Waals surface area contributed by atoms with Gasteiger partial charge in [-0.1, -0.05) is 37.5 Å². The second kappa shape index (κ2) is 8.29. The van der Waals surface area contributed by atoms with Gasteiger partial charge in [-0.15, -0.1) is 0 Å². The van der Waals surface area contributed by atoms with Crippen molar-refractivity contribution in [2.24, 2.45) is 16.2 Å². The van der Waals surface area contributed by atoms with Crippen LogP contribution in [-0.2, 0) is 19.8 Å². The zero-order valence-electron chi connectivity index (χ0n) is 17.7. The van der Waals surface area contributed by atoms with Gasteiger partial charge in [-0.05, 0) is 57.6 Å². The molecule has 2 aliphatic rings. The van der Waals surface area contributed by atoms with E-state index in [1.54, 1.807) is 40.0 Å². The van der Waals surface area contributed by atoms with Crippen LogP contribution in [-0.4, -0.2) is 46.9 Å². The van der Waals surface area contributed by atoms with Gasteiger partial charge in [0.2, 0.25) is 10.0 Å². The minimum atomic E-state index is -3.65. The number of nitrogens with zero attached hydrogens (tertiary/aromatic N) is 1. The molecule has 6 nitrogen and oxygen atoms in total. The van der Waals surface area contributed by atoms with Gasteiger partial charge in [0.15, 0.2) is 0 Å². The second-order valence-corrected chi connectivity index (χ2v) is 14.2. The molecule has 164 valence electrons. The number of rotatable bonds is 4. The van der Waals surface area contributed by atoms with Crippen molar-refractivity contribution < 1.29 is 17.7 Å². The van der Waals surface area contributed by atoms with E-state index in [0.29, 0.717) is 4.90 Å². The Kier molecular flexibility index (Phi) is 6.49. The molecule has 0 amide bonds. The van der Waals surface area contributed by atoms with Crippen molar-refractivity contribution in [3.63, 3.8) is 0 Å². The minimum Gasteiger partial charge on any atom is -0.390 e. The highest BCUT2D eigenvalue weighted by Gasteiger charge is 2.55. The van der Waals surface area contributed by atoms with Gasteiger partial charge in [0.05, 0.1) is 31.9 Å². The van der Waals surface area contributed by atoms with E-state index in [1.165, 1.54) is 0 Å². The van der Waals surface area contributed by atoms with E-state index in [9.17, 15) is 17.7 Å². The van der Waals surface area contributed by atoms with Gasteiger partial charge in [-0.3, -0.25) is 0 Å². The molecule has 29 heavy (non-hydrogen) atoms. The summed E-state index contributed by atoms with van der Waals surface area (Å²) in [4.78, 5) is 0.605. The van der Waals surface area contributed by atoms with E-state index in [0.717, 1.165) is 32.1 Å². The summed E-state index contributed by atoms with van der Waals surface area (Å²) in [7, 11) is -5.01. The molecule has 0 aliphatic heterocycles. The molecule has 1 aromatic rings. The zero-order valence-corrected chi connectivity index (χ0v) is 19.4. The van der Waals surface area contributed by atoms with Crippen LogP contribution in [0.25, 0.3) is 0 Å². The highest BCUT2D eigenvalue weighted by Crippen LogP contribution is 2.47. The average molecular weight is 443 g/mol. The standard InChI is InChI=1S/C21H34N2O4S2/c1-21(2,3)29(26,27)23-18-16-13-9-6-10-14-17(16)20(19(18)24)28(25,22-4)15-11-7-5-8-12-15/h5,7-8,11-12,16-20,23-24H,6,9-10,13-14H2,1-4H3/t16-,17+,18+,19+,20-,28-/m1/s1. The Morgan fingerprint density at radius 3 is 2.14 bits per heavy atom. The zero-order chi connectivity index (χ0) is 21.4. The Hall–Kier alpha value is -0.960. The Bertz CT molecular complexity index is 931. The van der Waals surface area contributed by atoms with Gasteiger partial charge in [0.1, 0.15) is 0 Å². The quantitative estimate of drug-likeness (QED) is 0.749. The normalized spacial score (nSPS) is 32.8. The Labute approximate surface area is 175 Å². The van der Waals surface area contributed by atoms with Gasteiger partial charge in [-0.25, -0.2) is 21.7 Å². The lowest BCUT2D eigenvalue weighted by molar-refractivity contribution is 0.148. The van der Waals surface area contributed by atoms with Crippen LogP contribution in [0.15, 0.2) is 39.6 Å². The molecule has 0 radical (unpaired) electrons. The topological polar surface area (TPSA) is 95.8 Å². The van der Waals surface area contributed by atoms with Crippen LogP contribution in [0, 0.1) is 11.8 Å². The summed E-state index contributed by atoms with van der Waals surface area (Å²) >= 11 is 0. The third kappa shape index (κ3) is 4.13. The van der Waals surface area contributed by atoms with Crippen molar-refractivity contribution in [3.8, 4) is 0 Å². The molecule has 0 spiro atoms. The summed E-state index contributed by atoms with van der Waals surface area (Å²) in [5.74, 6) is -0.0718. The molecule has 0 bridgehead atoms. The van der Waals surface area contributed by atoms with Crippen LogP contribution in [0.3, 0.4) is 0 Å². The van der Waals surface area contributed by atoms with Crippen LogP contribution in [0.5, 0.6) is 0 Å². The molecule has 0 aromatic heterocycles. The van der Waals surface area contributed by atoms with E-state index in [4.69, 9.17) is 0 Å². The van der Waals surface area contributed by atoms with E-state index in [2.05, 4.69) is 9.08 Å². The highest BCUT2D eigenvalue weighted by molar-refractivity contribution is 7.94. The molecule has 3 rings (SSSR count). The van der Waals surface area contributed by atoms with Gasteiger partial charge in [-0.2, -0.15) is 0 Å². The third-order valence-electron chi connectivity index (χ3n) is 6.53. The fourth-order valence-electron chi connectivity index (χ4n) is 4.87. The van der Waals surface area contributed by atoms with Crippen LogP contribution in [0.4, 0.5) is 0 Å². The average Bonchev–Trinajstić information content (AvgIpc) is 2.81. The van der Waals surface area contributed by atoms with Gasteiger partial charge < -0.3 is 5.11 Å². The minimum absolute atomic E-state index is 0.0309. The van der Waals surface area contributed by atoms with E-state index in [1.807, 2.05) is 18.2 Å². The smallest absolute Gasteiger partial charge is 0.216 e. The van der Waals surface area contributed by atoms with E-state index >= 15 is 0 Å². The number of aliphatic hydroxyl groups is 1. The number of nitrogens with one attached hydrogen (secondary N) is 1. The van der Waals surface area contributed by atoms with Crippen molar-refractivity contribution in [1.82, 2.24) is 4.72 Å². The van der Waals surface area contributed by atoms with Crippen LogP contribution >= 0.6 is 0 Å². The number of benzene rings is 1. The van der Waals surface area contributed by atoms with Crippen molar-refractivity contribution in [3.05, 3.63) is 30.3 Å². The predicted molar refractivity (Wildman–Crippen MR) is 117 cm³/mol.